The van der Waals surface area contributed by atoms with E-state index in [4.69, 9.17) is 4.74 Å². The lowest BCUT2D eigenvalue weighted by Gasteiger charge is -2.06. The van der Waals surface area contributed by atoms with Crippen molar-refractivity contribution in [2.75, 3.05) is 13.7 Å². The summed E-state index contributed by atoms with van der Waals surface area (Å²) in [6.07, 6.45) is 1.59. The smallest absolute Gasteiger partial charge is 0.251 e. The van der Waals surface area contributed by atoms with Gasteiger partial charge in [-0.3, -0.25) is 4.79 Å². The molecule has 1 aromatic rings. The quantitative estimate of drug-likeness (QED) is 0.732. The number of phenols is 1. The van der Waals surface area contributed by atoms with Crippen molar-refractivity contribution < 1.29 is 14.6 Å². The van der Waals surface area contributed by atoms with Crippen molar-refractivity contribution >= 4 is 5.91 Å². The van der Waals surface area contributed by atoms with E-state index in [0.29, 0.717) is 12.1 Å². The predicted molar refractivity (Wildman–Crippen MR) is 57.2 cm³/mol. The summed E-state index contributed by atoms with van der Waals surface area (Å²) in [6.45, 7) is 3.90. The van der Waals surface area contributed by atoms with Gasteiger partial charge >= 0.3 is 0 Å². The molecule has 0 heterocycles. The van der Waals surface area contributed by atoms with Gasteiger partial charge in [-0.25, -0.2) is 0 Å². The average Bonchev–Trinajstić information content (AvgIpc) is 2.26. The molecule has 0 saturated heterocycles. The SMILES string of the molecule is C=CCNC(=O)c1ccc(O)c(OC)c1. The number of amides is 1. The van der Waals surface area contributed by atoms with Gasteiger partial charge in [-0.05, 0) is 18.2 Å². The molecule has 4 nitrogen and oxygen atoms in total. The highest BCUT2D eigenvalue weighted by Gasteiger charge is 2.08. The third-order valence-corrected chi connectivity index (χ3v) is 1.85. The molecular formula is C11H13NO3. The van der Waals surface area contributed by atoms with Gasteiger partial charge in [0.15, 0.2) is 11.5 Å². The molecule has 0 saturated carbocycles. The van der Waals surface area contributed by atoms with Crippen molar-refractivity contribution in [3.8, 4) is 11.5 Å². The summed E-state index contributed by atoms with van der Waals surface area (Å²) in [7, 11) is 1.43. The largest absolute Gasteiger partial charge is 0.504 e. The maximum absolute atomic E-state index is 11.5. The van der Waals surface area contributed by atoms with Crippen molar-refractivity contribution in [2.45, 2.75) is 0 Å². The molecule has 0 bridgehead atoms. The first-order valence-corrected chi connectivity index (χ1v) is 4.45. The lowest BCUT2D eigenvalue weighted by Crippen LogP contribution is -2.23. The Hall–Kier alpha value is -1.97. The number of ether oxygens (including phenoxy) is 1. The van der Waals surface area contributed by atoms with Crippen LogP contribution in [0.15, 0.2) is 30.9 Å². The second kappa shape index (κ2) is 5.05. The highest BCUT2D eigenvalue weighted by Crippen LogP contribution is 2.25. The van der Waals surface area contributed by atoms with Gasteiger partial charge in [-0.15, -0.1) is 6.58 Å². The van der Waals surface area contributed by atoms with E-state index in [1.807, 2.05) is 0 Å². The average molecular weight is 207 g/mol. The predicted octanol–water partition coefficient (Wildman–Crippen LogP) is 1.32. The molecule has 15 heavy (non-hydrogen) atoms. The standard InChI is InChI=1S/C11H13NO3/c1-3-6-12-11(14)8-4-5-9(13)10(7-8)15-2/h3-5,7,13H,1,6H2,2H3,(H,12,14). The molecule has 0 aliphatic rings. The van der Waals surface area contributed by atoms with E-state index >= 15 is 0 Å². The van der Waals surface area contributed by atoms with Crippen molar-refractivity contribution in [1.82, 2.24) is 5.32 Å². The molecule has 4 heteroatoms. The molecule has 80 valence electrons. The summed E-state index contributed by atoms with van der Waals surface area (Å²) in [5.74, 6) is 0.0622. The molecule has 0 aliphatic heterocycles. The van der Waals surface area contributed by atoms with Gasteiger partial charge in [0.25, 0.3) is 5.91 Å². The minimum absolute atomic E-state index is 0.0118. The second-order valence-electron chi connectivity index (χ2n) is 2.89. The van der Waals surface area contributed by atoms with Crippen LogP contribution in [0.2, 0.25) is 0 Å². The van der Waals surface area contributed by atoms with Crippen LogP contribution in [0.1, 0.15) is 10.4 Å². The van der Waals surface area contributed by atoms with Crippen LogP contribution in [-0.4, -0.2) is 24.7 Å². The van der Waals surface area contributed by atoms with Gasteiger partial charge in [0.1, 0.15) is 0 Å². The van der Waals surface area contributed by atoms with Gasteiger partial charge < -0.3 is 15.2 Å². The number of hydrogen-bond donors (Lipinski definition) is 2. The number of carbonyl (C=O) groups is 1. The molecule has 0 atom stereocenters. The fraction of sp³-hybridized carbons (Fsp3) is 0.182. The Bertz CT molecular complexity index is 374. The summed E-state index contributed by atoms with van der Waals surface area (Å²) >= 11 is 0. The number of methoxy groups -OCH3 is 1. The Morgan fingerprint density at radius 1 is 1.67 bits per heavy atom. The van der Waals surface area contributed by atoms with Crippen LogP contribution in [0.25, 0.3) is 0 Å². The highest BCUT2D eigenvalue weighted by molar-refractivity contribution is 5.94. The summed E-state index contributed by atoms with van der Waals surface area (Å²) in [4.78, 5) is 11.5. The molecule has 1 rings (SSSR count). The summed E-state index contributed by atoms with van der Waals surface area (Å²) in [6, 6.07) is 4.42. The Balaban J connectivity index is 2.85. The van der Waals surface area contributed by atoms with Crippen LogP contribution >= 0.6 is 0 Å². The molecule has 0 aliphatic carbocycles. The molecule has 0 unspecified atom stereocenters. The van der Waals surface area contributed by atoms with E-state index < -0.39 is 0 Å². The lowest BCUT2D eigenvalue weighted by molar-refractivity contribution is 0.0957. The van der Waals surface area contributed by atoms with Crippen molar-refractivity contribution in [3.05, 3.63) is 36.4 Å². The number of nitrogens with one attached hydrogen (secondary N) is 1. The number of aromatic hydroxyl groups is 1. The number of phenolic OH excluding ortho intramolecular Hbond substituents is 1. The lowest BCUT2D eigenvalue weighted by atomic mass is 10.2. The van der Waals surface area contributed by atoms with Gasteiger partial charge in [0.2, 0.25) is 0 Å². The molecule has 0 fully saturated rings. The third kappa shape index (κ3) is 2.74. The highest BCUT2D eigenvalue weighted by atomic mass is 16.5. The molecule has 0 radical (unpaired) electrons. The van der Waals surface area contributed by atoms with Gasteiger partial charge in [-0.2, -0.15) is 0 Å². The monoisotopic (exact) mass is 207 g/mol. The maximum Gasteiger partial charge on any atom is 0.251 e. The molecule has 2 N–H and O–H groups in total. The molecule has 1 amide bonds. The van der Waals surface area contributed by atoms with E-state index in [9.17, 15) is 9.90 Å². The number of benzene rings is 1. The molecule has 1 aromatic carbocycles. The first kappa shape index (κ1) is 11.1. The van der Waals surface area contributed by atoms with Gasteiger partial charge in [-0.1, -0.05) is 6.08 Å². The van der Waals surface area contributed by atoms with Gasteiger partial charge in [0.05, 0.1) is 7.11 Å². The van der Waals surface area contributed by atoms with Crippen LogP contribution in [0.5, 0.6) is 11.5 Å². The minimum atomic E-state index is -0.229. The zero-order valence-corrected chi connectivity index (χ0v) is 8.49. The zero-order chi connectivity index (χ0) is 11.3. The summed E-state index contributed by atoms with van der Waals surface area (Å²) in [5, 5.41) is 11.9. The molecular weight excluding hydrogens is 194 g/mol. The van der Waals surface area contributed by atoms with Gasteiger partial charge in [0, 0.05) is 12.1 Å². The van der Waals surface area contributed by atoms with Crippen LogP contribution in [0.3, 0.4) is 0 Å². The van der Waals surface area contributed by atoms with Crippen molar-refractivity contribution in [1.29, 1.82) is 0 Å². The maximum atomic E-state index is 11.5. The van der Waals surface area contributed by atoms with Crippen molar-refractivity contribution in [3.63, 3.8) is 0 Å². The zero-order valence-electron chi connectivity index (χ0n) is 8.49. The normalized spacial score (nSPS) is 9.40. The van der Waals surface area contributed by atoms with Crippen LogP contribution in [0.4, 0.5) is 0 Å². The van der Waals surface area contributed by atoms with E-state index in [-0.39, 0.29) is 17.4 Å². The van der Waals surface area contributed by atoms with Crippen LogP contribution in [-0.2, 0) is 0 Å². The second-order valence-corrected chi connectivity index (χ2v) is 2.89. The topological polar surface area (TPSA) is 58.6 Å². The van der Waals surface area contributed by atoms with E-state index in [1.165, 1.54) is 25.3 Å². The summed E-state index contributed by atoms with van der Waals surface area (Å²) in [5.41, 5.74) is 0.437. The third-order valence-electron chi connectivity index (χ3n) is 1.85. The minimum Gasteiger partial charge on any atom is -0.504 e. The Kier molecular flexibility index (Phi) is 3.74. The number of rotatable bonds is 4. The number of hydrogen-bond acceptors (Lipinski definition) is 3. The van der Waals surface area contributed by atoms with E-state index in [1.54, 1.807) is 6.08 Å². The van der Waals surface area contributed by atoms with E-state index in [2.05, 4.69) is 11.9 Å². The van der Waals surface area contributed by atoms with Crippen molar-refractivity contribution in [2.24, 2.45) is 0 Å². The first-order chi connectivity index (χ1) is 7.19. The number of carbonyl (C=O) groups excluding carboxylic acids is 1. The van der Waals surface area contributed by atoms with E-state index in [0.717, 1.165) is 0 Å². The van der Waals surface area contributed by atoms with Crippen LogP contribution in [0, 0.1) is 0 Å². The summed E-state index contributed by atoms with van der Waals surface area (Å²) < 4.78 is 4.89. The fourth-order valence-electron chi connectivity index (χ4n) is 1.09. The Morgan fingerprint density at radius 3 is 3.00 bits per heavy atom. The Labute approximate surface area is 88.2 Å². The fourth-order valence-corrected chi connectivity index (χ4v) is 1.09. The Morgan fingerprint density at radius 2 is 2.40 bits per heavy atom. The van der Waals surface area contributed by atoms with Crippen LogP contribution < -0.4 is 10.1 Å². The molecule has 0 spiro atoms. The first-order valence-electron chi connectivity index (χ1n) is 4.45. The molecule has 0 aromatic heterocycles.